The van der Waals surface area contributed by atoms with Gasteiger partial charge < -0.3 is 10.2 Å². The molecule has 1 aliphatic rings. The molecule has 1 atom stereocenters. The number of thiocarbonyl (C=S) groups is 1. The first-order valence-corrected chi connectivity index (χ1v) is 8.79. The van der Waals surface area contributed by atoms with E-state index < -0.39 is 16.9 Å². The zero-order valence-corrected chi connectivity index (χ0v) is 15.8. The fourth-order valence-electron chi connectivity index (χ4n) is 2.53. The molecule has 8 heteroatoms. The number of hydroxylamine groups is 2. The van der Waals surface area contributed by atoms with E-state index in [4.69, 9.17) is 23.8 Å². The summed E-state index contributed by atoms with van der Waals surface area (Å²) in [5.41, 5.74) is 0.517. The van der Waals surface area contributed by atoms with Crippen LogP contribution in [0.5, 0.6) is 0 Å². The van der Waals surface area contributed by atoms with Gasteiger partial charge in [0.1, 0.15) is 10.5 Å². The molecule has 126 valence electrons. The molecule has 5 nitrogen and oxygen atoms in total. The highest BCUT2D eigenvalue weighted by molar-refractivity contribution is 8.24. The number of nitrogens with one attached hydrogen (secondary N) is 1. The first-order valence-electron chi connectivity index (χ1n) is 7.19. The summed E-state index contributed by atoms with van der Waals surface area (Å²) in [6.45, 7) is 7.85. The van der Waals surface area contributed by atoms with Crippen molar-refractivity contribution in [2.45, 2.75) is 44.6 Å². The maximum Gasteiger partial charge on any atom is 0.347 e. The van der Waals surface area contributed by atoms with E-state index in [9.17, 15) is 10.0 Å². The van der Waals surface area contributed by atoms with Gasteiger partial charge in [0.25, 0.3) is 0 Å². The van der Waals surface area contributed by atoms with Gasteiger partial charge in [-0.2, -0.15) is 5.06 Å². The highest BCUT2D eigenvalue weighted by Crippen LogP contribution is 2.43. The SMILES string of the molecule is CC(C)N1C(=S)SC(C)(C)[C@H]1N(O)C(=O)Nc1cccc(Cl)c1. The zero-order chi connectivity index (χ0) is 17.4. The third kappa shape index (κ3) is 3.91. The normalized spacial score (nSPS) is 20.0. The van der Waals surface area contributed by atoms with Gasteiger partial charge in [-0.15, -0.1) is 0 Å². The topological polar surface area (TPSA) is 55.8 Å². The molecule has 1 aromatic carbocycles. The molecule has 2 N–H and O–H groups in total. The van der Waals surface area contributed by atoms with E-state index in [1.165, 1.54) is 11.8 Å². The Morgan fingerprint density at radius 2 is 2.17 bits per heavy atom. The number of hydrogen-bond acceptors (Lipinski definition) is 4. The third-order valence-electron chi connectivity index (χ3n) is 3.52. The molecule has 1 aliphatic heterocycles. The number of anilines is 1. The Morgan fingerprint density at radius 3 is 2.74 bits per heavy atom. The molecule has 0 unspecified atom stereocenters. The van der Waals surface area contributed by atoms with E-state index in [2.05, 4.69) is 5.32 Å². The van der Waals surface area contributed by atoms with Crippen molar-refractivity contribution in [1.82, 2.24) is 9.96 Å². The highest BCUT2D eigenvalue weighted by atomic mass is 35.5. The number of hydrogen-bond donors (Lipinski definition) is 2. The summed E-state index contributed by atoms with van der Waals surface area (Å²) in [6, 6.07) is 6.20. The number of carbonyl (C=O) groups excluding carboxylic acids is 1. The van der Waals surface area contributed by atoms with Crippen molar-refractivity contribution in [3.63, 3.8) is 0 Å². The molecule has 0 aliphatic carbocycles. The summed E-state index contributed by atoms with van der Waals surface area (Å²) in [7, 11) is 0. The average molecular weight is 374 g/mol. The number of urea groups is 1. The first kappa shape index (κ1) is 18.3. The van der Waals surface area contributed by atoms with Crippen LogP contribution in [-0.2, 0) is 0 Å². The molecule has 0 aromatic heterocycles. The van der Waals surface area contributed by atoms with Crippen molar-refractivity contribution in [3.8, 4) is 0 Å². The molecule has 1 fully saturated rings. The number of rotatable bonds is 3. The van der Waals surface area contributed by atoms with Gasteiger partial charge in [0, 0.05) is 16.8 Å². The van der Waals surface area contributed by atoms with Crippen molar-refractivity contribution < 1.29 is 10.0 Å². The second kappa shape index (κ2) is 6.84. The number of carbonyl (C=O) groups is 1. The summed E-state index contributed by atoms with van der Waals surface area (Å²) in [5.74, 6) is 0. The average Bonchev–Trinajstić information content (AvgIpc) is 2.66. The van der Waals surface area contributed by atoms with Crippen LogP contribution in [0.2, 0.25) is 5.02 Å². The van der Waals surface area contributed by atoms with Gasteiger partial charge in [-0.25, -0.2) is 4.79 Å². The van der Waals surface area contributed by atoms with Crippen LogP contribution in [0.3, 0.4) is 0 Å². The lowest BCUT2D eigenvalue weighted by Gasteiger charge is -2.38. The smallest absolute Gasteiger partial charge is 0.331 e. The van der Waals surface area contributed by atoms with Crippen molar-refractivity contribution in [3.05, 3.63) is 29.3 Å². The minimum atomic E-state index is -0.624. The van der Waals surface area contributed by atoms with Gasteiger partial charge in [0.15, 0.2) is 0 Å². The molecular formula is C15H20ClN3O2S2. The second-order valence-electron chi connectivity index (χ2n) is 6.13. The van der Waals surface area contributed by atoms with Gasteiger partial charge in [-0.3, -0.25) is 5.21 Å². The molecule has 1 heterocycles. The number of halogens is 1. The van der Waals surface area contributed by atoms with Gasteiger partial charge in [0.05, 0.1) is 4.75 Å². The summed E-state index contributed by atoms with van der Waals surface area (Å²) in [4.78, 5) is 14.3. The molecule has 1 saturated heterocycles. The van der Waals surface area contributed by atoms with E-state index in [1.54, 1.807) is 24.3 Å². The molecular weight excluding hydrogens is 354 g/mol. The van der Waals surface area contributed by atoms with Crippen LogP contribution in [0.4, 0.5) is 10.5 Å². The molecule has 0 saturated carbocycles. The Bertz CT molecular complexity index is 624. The number of amides is 2. The van der Waals surface area contributed by atoms with Crippen LogP contribution in [0.25, 0.3) is 0 Å². The predicted molar refractivity (Wildman–Crippen MR) is 99.1 cm³/mol. The largest absolute Gasteiger partial charge is 0.347 e. The van der Waals surface area contributed by atoms with E-state index >= 15 is 0 Å². The maximum absolute atomic E-state index is 12.4. The predicted octanol–water partition coefficient (Wildman–Crippen LogP) is 4.41. The van der Waals surface area contributed by atoms with Crippen LogP contribution in [-0.4, -0.2) is 42.5 Å². The van der Waals surface area contributed by atoms with E-state index in [1.807, 2.05) is 32.6 Å². The minimum absolute atomic E-state index is 0.0652. The Labute approximate surface area is 150 Å². The lowest BCUT2D eigenvalue weighted by molar-refractivity contribution is -0.119. The third-order valence-corrected chi connectivity index (χ3v) is 5.34. The van der Waals surface area contributed by atoms with E-state index in [0.29, 0.717) is 20.1 Å². The van der Waals surface area contributed by atoms with E-state index in [-0.39, 0.29) is 6.04 Å². The zero-order valence-electron chi connectivity index (χ0n) is 13.4. The van der Waals surface area contributed by atoms with Crippen molar-refractivity contribution in [2.24, 2.45) is 0 Å². The lowest BCUT2D eigenvalue weighted by atomic mass is 10.1. The highest BCUT2D eigenvalue weighted by Gasteiger charge is 2.50. The monoisotopic (exact) mass is 373 g/mol. The van der Waals surface area contributed by atoms with Crippen molar-refractivity contribution >= 4 is 51.6 Å². The Kier molecular flexibility index (Phi) is 5.45. The van der Waals surface area contributed by atoms with Crippen molar-refractivity contribution in [1.29, 1.82) is 0 Å². The summed E-state index contributed by atoms with van der Waals surface area (Å²) in [5, 5.41) is 14.4. The molecule has 0 radical (unpaired) electrons. The quantitative estimate of drug-likeness (QED) is 0.467. The van der Waals surface area contributed by atoms with Gasteiger partial charge in [-0.05, 0) is 45.9 Å². The van der Waals surface area contributed by atoms with Crippen LogP contribution in [0.15, 0.2) is 24.3 Å². The maximum atomic E-state index is 12.4. The Balaban J connectivity index is 2.21. The van der Waals surface area contributed by atoms with Gasteiger partial charge in [-0.1, -0.05) is 41.6 Å². The molecule has 23 heavy (non-hydrogen) atoms. The molecule has 0 bridgehead atoms. The summed E-state index contributed by atoms with van der Waals surface area (Å²) >= 11 is 12.8. The second-order valence-corrected chi connectivity index (χ2v) is 8.86. The van der Waals surface area contributed by atoms with Crippen LogP contribution >= 0.6 is 35.6 Å². The lowest BCUT2D eigenvalue weighted by Crippen LogP contribution is -2.57. The first-order chi connectivity index (χ1) is 10.6. The number of nitrogens with zero attached hydrogens (tertiary/aromatic N) is 2. The van der Waals surface area contributed by atoms with Crippen LogP contribution in [0.1, 0.15) is 27.7 Å². The number of benzene rings is 1. The fraction of sp³-hybridized carbons (Fsp3) is 0.467. The Morgan fingerprint density at radius 1 is 1.52 bits per heavy atom. The van der Waals surface area contributed by atoms with Crippen LogP contribution < -0.4 is 5.32 Å². The summed E-state index contributed by atoms with van der Waals surface area (Å²) < 4.78 is 0.242. The Hall–Kier alpha value is -1.02. The number of thioether (sulfide) groups is 1. The standard InChI is InChI=1S/C15H20ClN3O2S2/c1-9(2)18-12(15(3,4)23-14(18)22)19(21)13(20)17-11-7-5-6-10(16)8-11/h5-9,12,21H,1-4H3,(H,17,20)/t12-/m1/s1. The molecule has 1 aromatic rings. The van der Waals surface area contributed by atoms with Gasteiger partial charge in [0.2, 0.25) is 0 Å². The molecule has 2 amide bonds. The van der Waals surface area contributed by atoms with Crippen LogP contribution in [0, 0.1) is 0 Å². The van der Waals surface area contributed by atoms with Crippen molar-refractivity contribution in [2.75, 3.05) is 5.32 Å². The summed E-state index contributed by atoms with van der Waals surface area (Å²) in [6.07, 6.45) is -0.556. The molecule has 0 spiro atoms. The minimum Gasteiger partial charge on any atom is -0.331 e. The van der Waals surface area contributed by atoms with E-state index in [0.717, 1.165) is 0 Å². The fourth-order valence-corrected chi connectivity index (χ4v) is 4.86. The van der Waals surface area contributed by atoms with Gasteiger partial charge >= 0.3 is 6.03 Å². The molecule has 2 rings (SSSR count).